The second-order valence-electron chi connectivity index (χ2n) is 14.0. The third kappa shape index (κ3) is 9.28. The fourth-order valence-corrected chi connectivity index (χ4v) is 6.11. The number of esters is 1. The van der Waals surface area contributed by atoms with E-state index in [1.54, 1.807) is 19.0 Å². The number of hydrogen-bond donors (Lipinski definition) is 2. The molecule has 45 heavy (non-hydrogen) atoms. The zero-order valence-corrected chi connectivity index (χ0v) is 29.1. The lowest BCUT2D eigenvalue weighted by Crippen LogP contribution is -2.62. The number of ether oxygens (including phenoxy) is 1. The van der Waals surface area contributed by atoms with Gasteiger partial charge in [0.15, 0.2) is 0 Å². The molecule has 0 aliphatic carbocycles. The number of rotatable bonds is 13. The molecule has 4 atom stereocenters. The molecule has 1 aromatic rings. The molecule has 1 saturated heterocycles. The summed E-state index contributed by atoms with van der Waals surface area (Å²) in [5.74, 6) is -1.79. The van der Waals surface area contributed by atoms with E-state index < -0.39 is 41.0 Å². The Hall–Kier alpha value is -3.47. The molecule has 0 radical (unpaired) electrons. The first-order valence-electron chi connectivity index (χ1n) is 15.8. The average molecular weight is 630 g/mol. The SMILES string of the molecule is CN[C@H](C(=O)N[C@H](C(=O)N(C)[C@H](CN(CC(=O)N1CCC[C@H]1C(=O)OC)C(C)=O)C(C)C)C(C)(C)C)C(C)(C)c1ccccc1. The summed E-state index contributed by atoms with van der Waals surface area (Å²) in [6, 6.07) is 7.16. The Kier molecular flexibility index (Phi) is 13.2. The molecule has 1 aromatic carbocycles. The highest BCUT2D eigenvalue weighted by Gasteiger charge is 2.42. The van der Waals surface area contributed by atoms with Crippen molar-refractivity contribution in [2.75, 3.05) is 40.8 Å². The van der Waals surface area contributed by atoms with Crippen LogP contribution in [0.25, 0.3) is 0 Å². The number of methoxy groups -OCH3 is 1. The van der Waals surface area contributed by atoms with Crippen LogP contribution in [0.5, 0.6) is 0 Å². The van der Waals surface area contributed by atoms with Gasteiger partial charge in [-0.25, -0.2) is 4.79 Å². The average Bonchev–Trinajstić information content (AvgIpc) is 3.47. The minimum atomic E-state index is -0.864. The number of hydrogen-bond acceptors (Lipinski definition) is 7. The summed E-state index contributed by atoms with van der Waals surface area (Å²) in [4.78, 5) is 70.8. The van der Waals surface area contributed by atoms with Crippen LogP contribution in [0.4, 0.5) is 0 Å². The Morgan fingerprint density at radius 1 is 1.02 bits per heavy atom. The number of likely N-dealkylation sites (tertiary alicyclic amines) is 1. The normalized spacial score (nSPS) is 17.3. The topological polar surface area (TPSA) is 128 Å². The Morgan fingerprint density at radius 2 is 1.62 bits per heavy atom. The van der Waals surface area contributed by atoms with E-state index in [1.807, 2.05) is 78.8 Å². The van der Waals surface area contributed by atoms with E-state index >= 15 is 0 Å². The lowest BCUT2D eigenvalue weighted by atomic mass is 9.76. The quantitative estimate of drug-likeness (QED) is 0.321. The summed E-state index contributed by atoms with van der Waals surface area (Å²) in [5, 5.41) is 6.20. The van der Waals surface area contributed by atoms with Crippen LogP contribution in [0.15, 0.2) is 30.3 Å². The van der Waals surface area contributed by atoms with Crippen molar-refractivity contribution in [3.05, 3.63) is 35.9 Å². The maximum absolute atomic E-state index is 14.2. The third-order valence-electron chi connectivity index (χ3n) is 9.03. The number of nitrogens with zero attached hydrogens (tertiary/aromatic N) is 3. The highest BCUT2D eigenvalue weighted by Crippen LogP contribution is 2.29. The Morgan fingerprint density at radius 3 is 2.11 bits per heavy atom. The van der Waals surface area contributed by atoms with Crippen molar-refractivity contribution in [2.24, 2.45) is 11.3 Å². The van der Waals surface area contributed by atoms with Gasteiger partial charge in [0.05, 0.1) is 25.7 Å². The Labute approximate surface area is 269 Å². The van der Waals surface area contributed by atoms with Gasteiger partial charge in [-0.1, -0.05) is 78.8 Å². The van der Waals surface area contributed by atoms with Crippen LogP contribution in [-0.2, 0) is 34.1 Å². The molecule has 11 heteroatoms. The molecular weight excluding hydrogens is 574 g/mol. The van der Waals surface area contributed by atoms with Gasteiger partial charge in [0.25, 0.3) is 0 Å². The van der Waals surface area contributed by atoms with E-state index in [0.29, 0.717) is 19.4 Å². The summed E-state index contributed by atoms with van der Waals surface area (Å²) >= 11 is 0. The molecular formula is C34H55N5O6. The van der Waals surface area contributed by atoms with Gasteiger partial charge in [-0.3, -0.25) is 19.2 Å². The highest BCUT2D eigenvalue weighted by atomic mass is 16.5. The summed E-state index contributed by atoms with van der Waals surface area (Å²) in [6.07, 6.45) is 1.19. The molecule has 0 unspecified atom stereocenters. The van der Waals surface area contributed by atoms with Gasteiger partial charge in [-0.05, 0) is 36.8 Å². The number of likely N-dealkylation sites (N-methyl/N-ethyl adjacent to an activating group) is 2. The zero-order chi connectivity index (χ0) is 34.3. The molecule has 1 aliphatic heterocycles. The van der Waals surface area contributed by atoms with E-state index in [4.69, 9.17) is 4.74 Å². The maximum atomic E-state index is 14.2. The van der Waals surface area contributed by atoms with Gasteiger partial charge in [0.2, 0.25) is 23.6 Å². The van der Waals surface area contributed by atoms with Gasteiger partial charge in [-0.15, -0.1) is 0 Å². The molecule has 2 N–H and O–H groups in total. The largest absolute Gasteiger partial charge is 0.467 e. The van der Waals surface area contributed by atoms with Crippen molar-refractivity contribution in [2.45, 2.75) is 97.8 Å². The second kappa shape index (κ2) is 15.7. The lowest BCUT2D eigenvalue weighted by Gasteiger charge is -2.41. The van der Waals surface area contributed by atoms with Gasteiger partial charge in [-0.2, -0.15) is 0 Å². The van der Waals surface area contributed by atoms with Gasteiger partial charge < -0.3 is 30.1 Å². The molecule has 0 saturated carbocycles. The molecule has 11 nitrogen and oxygen atoms in total. The van der Waals surface area contributed by atoms with Crippen LogP contribution in [-0.4, -0.2) is 109 Å². The van der Waals surface area contributed by atoms with Crippen molar-refractivity contribution in [3.8, 4) is 0 Å². The fourth-order valence-electron chi connectivity index (χ4n) is 6.11. The van der Waals surface area contributed by atoms with Crippen molar-refractivity contribution in [1.29, 1.82) is 0 Å². The van der Waals surface area contributed by atoms with Crippen LogP contribution in [0, 0.1) is 11.3 Å². The van der Waals surface area contributed by atoms with Gasteiger partial charge >= 0.3 is 5.97 Å². The minimum absolute atomic E-state index is 0.0797. The van der Waals surface area contributed by atoms with E-state index in [1.165, 1.54) is 23.8 Å². The molecule has 1 aliphatic rings. The first-order valence-corrected chi connectivity index (χ1v) is 15.8. The van der Waals surface area contributed by atoms with Crippen molar-refractivity contribution >= 4 is 29.6 Å². The van der Waals surface area contributed by atoms with E-state index in [-0.39, 0.29) is 42.6 Å². The fraction of sp³-hybridized carbons (Fsp3) is 0.676. The third-order valence-corrected chi connectivity index (χ3v) is 9.03. The highest BCUT2D eigenvalue weighted by molar-refractivity contribution is 5.91. The molecule has 2 rings (SSSR count). The van der Waals surface area contributed by atoms with E-state index in [0.717, 1.165) is 5.56 Å². The molecule has 1 fully saturated rings. The zero-order valence-electron chi connectivity index (χ0n) is 29.1. The van der Waals surface area contributed by atoms with Crippen LogP contribution in [0.3, 0.4) is 0 Å². The van der Waals surface area contributed by atoms with Crippen LogP contribution in [0.1, 0.15) is 73.8 Å². The summed E-state index contributed by atoms with van der Waals surface area (Å²) in [7, 11) is 4.70. The molecule has 0 bridgehead atoms. The number of carbonyl (C=O) groups is 5. The number of benzene rings is 1. The van der Waals surface area contributed by atoms with Crippen molar-refractivity contribution in [1.82, 2.24) is 25.3 Å². The Balaban J connectivity index is 2.29. The molecule has 1 heterocycles. The summed E-state index contributed by atoms with van der Waals surface area (Å²) in [5.41, 5.74) is -0.220. The first-order chi connectivity index (χ1) is 20.9. The Bertz CT molecular complexity index is 1200. The molecule has 252 valence electrons. The monoisotopic (exact) mass is 629 g/mol. The van der Waals surface area contributed by atoms with E-state index in [9.17, 15) is 24.0 Å². The number of amides is 4. The van der Waals surface area contributed by atoms with Crippen molar-refractivity contribution < 1.29 is 28.7 Å². The molecule has 0 aromatic heterocycles. The standard InChI is InChI=1S/C34H55N5O6/c1-22(2)26(20-38(23(3)40)21-27(41)39-19-15-18-25(39)32(44)45-11)37(10)31(43)29(33(4,5)6)36-30(42)28(35-9)34(7,8)24-16-13-12-14-17-24/h12-14,16-17,22,25-26,28-29,35H,15,18-21H2,1-11H3,(H,36,42)/t25-,26+,28+,29+/m0/s1. The maximum Gasteiger partial charge on any atom is 0.328 e. The number of nitrogens with one attached hydrogen (secondary N) is 2. The van der Waals surface area contributed by atoms with Gasteiger partial charge in [0.1, 0.15) is 12.1 Å². The predicted molar refractivity (Wildman–Crippen MR) is 174 cm³/mol. The predicted octanol–water partition coefficient (Wildman–Crippen LogP) is 2.58. The second-order valence-corrected chi connectivity index (χ2v) is 14.0. The van der Waals surface area contributed by atoms with Gasteiger partial charge in [0, 0.05) is 32.5 Å². The molecule has 0 spiro atoms. The van der Waals surface area contributed by atoms with Crippen LogP contribution >= 0.6 is 0 Å². The summed E-state index contributed by atoms with van der Waals surface area (Å²) in [6.45, 7) is 15.3. The lowest BCUT2D eigenvalue weighted by molar-refractivity contribution is -0.152. The van der Waals surface area contributed by atoms with Crippen molar-refractivity contribution in [3.63, 3.8) is 0 Å². The molecule has 4 amide bonds. The minimum Gasteiger partial charge on any atom is -0.467 e. The smallest absolute Gasteiger partial charge is 0.328 e. The van der Waals surface area contributed by atoms with E-state index in [2.05, 4.69) is 10.6 Å². The van der Waals surface area contributed by atoms with Crippen LogP contribution < -0.4 is 10.6 Å². The first kappa shape index (κ1) is 37.7. The number of carbonyl (C=O) groups excluding carboxylic acids is 5. The van der Waals surface area contributed by atoms with Crippen LogP contribution in [0.2, 0.25) is 0 Å². The summed E-state index contributed by atoms with van der Waals surface area (Å²) < 4.78 is 4.87.